The van der Waals surface area contributed by atoms with Gasteiger partial charge < -0.3 is 4.74 Å². The van der Waals surface area contributed by atoms with Crippen molar-refractivity contribution < 1.29 is 17.5 Å². The quantitative estimate of drug-likeness (QED) is 0.854. The van der Waals surface area contributed by atoms with Crippen molar-refractivity contribution in [2.45, 2.75) is 24.8 Å². The molecule has 2 N–H and O–H groups in total. The molecule has 0 saturated heterocycles. The van der Waals surface area contributed by atoms with Gasteiger partial charge in [-0.05, 0) is 32.0 Å². The number of rotatable bonds is 3. The summed E-state index contributed by atoms with van der Waals surface area (Å²) in [5, 5.41) is 4.84. The van der Waals surface area contributed by atoms with Gasteiger partial charge in [-0.3, -0.25) is 0 Å². The van der Waals surface area contributed by atoms with Gasteiger partial charge in [-0.2, -0.15) is 0 Å². The van der Waals surface area contributed by atoms with Crippen LogP contribution < -0.4 is 9.88 Å². The Kier molecular flexibility index (Phi) is 3.31. The fraction of sp³-hybridized carbons (Fsp3) is 0.333. The average molecular weight is 233 g/mol. The summed E-state index contributed by atoms with van der Waals surface area (Å²) < 4.78 is 40.2. The van der Waals surface area contributed by atoms with Gasteiger partial charge in [0, 0.05) is 0 Å². The van der Waals surface area contributed by atoms with Gasteiger partial charge in [-0.25, -0.2) is 17.9 Å². The van der Waals surface area contributed by atoms with E-state index < -0.39 is 15.8 Å². The second-order valence-electron chi connectivity index (χ2n) is 3.30. The zero-order valence-electron chi connectivity index (χ0n) is 8.40. The summed E-state index contributed by atoms with van der Waals surface area (Å²) >= 11 is 0. The van der Waals surface area contributed by atoms with E-state index in [1.54, 1.807) is 13.8 Å². The molecule has 0 fully saturated rings. The molecule has 1 aromatic carbocycles. The molecule has 15 heavy (non-hydrogen) atoms. The van der Waals surface area contributed by atoms with Crippen LogP contribution in [0.2, 0.25) is 0 Å². The Hall–Kier alpha value is -1.14. The molecular weight excluding hydrogens is 221 g/mol. The molecule has 0 saturated carbocycles. The number of halogens is 1. The Balaban J connectivity index is 3.09. The minimum absolute atomic E-state index is 0.0115. The van der Waals surface area contributed by atoms with Crippen LogP contribution in [0.1, 0.15) is 13.8 Å². The normalized spacial score (nSPS) is 11.8. The van der Waals surface area contributed by atoms with Crippen molar-refractivity contribution in [1.82, 2.24) is 0 Å². The van der Waals surface area contributed by atoms with Gasteiger partial charge in [-0.1, -0.05) is 0 Å². The third-order valence-corrected chi connectivity index (χ3v) is 2.51. The van der Waals surface area contributed by atoms with Crippen LogP contribution in [0.5, 0.6) is 5.75 Å². The number of nitrogens with two attached hydrogens (primary N) is 1. The van der Waals surface area contributed by atoms with Crippen molar-refractivity contribution in [3.8, 4) is 5.75 Å². The lowest BCUT2D eigenvalue weighted by Gasteiger charge is -2.10. The molecule has 0 amide bonds. The molecule has 1 rings (SSSR count). The van der Waals surface area contributed by atoms with Crippen molar-refractivity contribution in [1.29, 1.82) is 0 Å². The van der Waals surface area contributed by atoms with E-state index in [-0.39, 0.29) is 16.7 Å². The predicted octanol–water partition coefficient (Wildman–Crippen LogP) is 1.26. The van der Waals surface area contributed by atoms with Crippen LogP contribution in [0.3, 0.4) is 0 Å². The first-order valence-electron chi connectivity index (χ1n) is 4.29. The van der Waals surface area contributed by atoms with Gasteiger partial charge in [0.15, 0.2) is 11.6 Å². The van der Waals surface area contributed by atoms with Crippen LogP contribution in [-0.4, -0.2) is 14.5 Å². The molecule has 4 nitrogen and oxygen atoms in total. The molecular formula is C9H12FNO3S. The van der Waals surface area contributed by atoms with E-state index >= 15 is 0 Å². The minimum Gasteiger partial charge on any atom is -0.488 e. The summed E-state index contributed by atoms with van der Waals surface area (Å²) in [7, 11) is -3.87. The maximum absolute atomic E-state index is 13.3. The number of ether oxygens (including phenoxy) is 1. The highest BCUT2D eigenvalue weighted by Crippen LogP contribution is 2.21. The van der Waals surface area contributed by atoms with Crippen molar-refractivity contribution in [3.63, 3.8) is 0 Å². The second kappa shape index (κ2) is 4.16. The van der Waals surface area contributed by atoms with Crippen molar-refractivity contribution >= 4 is 10.0 Å². The molecule has 84 valence electrons. The molecule has 6 heteroatoms. The summed E-state index contributed by atoms with van der Waals surface area (Å²) in [5.41, 5.74) is 0. The summed E-state index contributed by atoms with van der Waals surface area (Å²) in [5.74, 6) is -0.729. The van der Waals surface area contributed by atoms with Crippen molar-refractivity contribution in [2.75, 3.05) is 0 Å². The first-order valence-corrected chi connectivity index (χ1v) is 5.84. The lowest BCUT2D eigenvalue weighted by Crippen LogP contribution is -2.13. The predicted molar refractivity (Wildman–Crippen MR) is 53.5 cm³/mol. The Bertz CT molecular complexity index is 456. The monoisotopic (exact) mass is 233 g/mol. The molecule has 0 bridgehead atoms. The fourth-order valence-electron chi connectivity index (χ4n) is 1.01. The first kappa shape index (κ1) is 11.9. The van der Waals surface area contributed by atoms with Crippen LogP contribution in [0.15, 0.2) is 23.1 Å². The topological polar surface area (TPSA) is 69.4 Å². The largest absolute Gasteiger partial charge is 0.488 e. The van der Waals surface area contributed by atoms with Gasteiger partial charge in [0.1, 0.15) is 0 Å². The molecule has 0 spiro atoms. The zero-order valence-corrected chi connectivity index (χ0v) is 9.21. The van der Waals surface area contributed by atoms with Gasteiger partial charge >= 0.3 is 0 Å². The number of hydrogen-bond acceptors (Lipinski definition) is 3. The van der Waals surface area contributed by atoms with Gasteiger partial charge in [0.2, 0.25) is 10.0 Å². The first-order chi connectivity index (χ1) is 6.80. The van der Waals surface area contributed by atoms with Crippen LogP contribution in [0.25, 0.3) is 0 Å². The Labute approximate surface area is 87.9 Å². The van der Waals surface area contributed by atoms with E-state index in [1.807, 2.05) is 0 Å². The summed E-state index contributed by atoms with van der Waals surface area (Å²) in [4.78, 5) is -0.267. The summed E-state index contributed by atoms with van der Waals surface area (Å²) in [6.07, 6.45) is -0.181. The third kappa shape index (κ3) is 3.17. The van der Waals surface area contributed by atoms with E-state index in [0.717, 1.165) is 6.07 Å². The molecule has 0 atom stereocenters. The van der Waals surface area contributed by atoms with Gasteiger partial charge in [0.05, 0.1) is 11.0 Å². The SMILES string of the molecule is CC(C)Oc1ccc(S(N)(=O)=O)cc1F. The minimum atomic E-state index is -3.87. The molecule has 1 aromatic rings. The van der Waals surface area contributed by atoms with Crippen LogP contribution >= 0.6 is 0 Å². The van der Waals surface area contributed by atoms with Crippen molar-refractivity contribution in [3.05, 3.63) is 24.0 Å². The van der Waals surface area contributed by atoms with E-state index in [2.05, 4.69) is 0 Å². The smallest absolute Gasteiger partial charge is 0.238 e. The lowest BCUT2D eigenvalue weighted by molar-refractivity contribution is 0.231. The Morgan fingerprint density at radius 2 is 2.00 bits per heavy atom. The van der Waals surface area contributed by atoms with Crippen LogP contribution in [0.4, 0.5) is 4.39 Å². The Morgan fingerprint density at radius 3 is 2.40 bits per heavy atom. The number of sulfonamides is 1. The van der Waals surface area contributed by atoms with E-state index in [0.29, 0.717) is 0 Å². The number of hydrogen-bond donors (Lipinski definition) is 1. The zero-order chi connectivity index (χ0) is 11.6. The average Bonchev–Trinajstić information content (AvgIpc) is 2.05. The number of benzene rings is 1. The molecule has 0 aliphatic carbocycles. The fourth-order valence-corrected chi connectivity index (χ4v) is 1.53. The third-order valence-electron chi connectivity index (χ3n) is 1.59. The molecule has 0 unspecified atom stereocenters. The molecule has 0 heterocycles. The number of primary sulfonamides is 1. The van der Waals surface area contributed by atoms with Gasteiger partial charge in [-0.15, -0.1) is 0 Å². The molecule has 0 radical (unpaired) electrons. The molecule has 0 aliphatic rings. The molecule has 0 aliphatic heterocycles. The van der Waals surface area contributed by atoms with Crippen molar-refractivity contribution in [2.24, 2.45) is 5.14 Å². The van der Waals surface area contributed by atoms with E-state index in [4.69, 9.17) is 9.88 Å². The van der Waals surface area contributed by atoms with Crippen LogP contribution in [0, 0.1) is 5.82 Å². The highest BCUT2D eigenvalue weighted by Gasteiger charge is 2.12. The molecule has 0 aromatic heterocycles. The standard InChI is InChI=1S/C9H12FNO3S/c1-6(2)14-9-4-3-7(5-8(9)10)15(11,12)13/h3-6H,1-2H3,(H2,11,12,13). The highest BCUT2D eigenvalue weighted by atomic mass is 32.2. The maximum Gasteiger partial charge on any atom is 0.238 e. The maximum atomic E-state index is 13.3. The second-order valence-corrected chi connectivity index (χ2v) is 4.87. The summed E-state index contributed by atoms with van der Waals surface area (Å²) in [6, 6.07) is 3.29. The van der Waals surface area contributed by atoms with E-state index in [1.165, 1.54) is 12.1 Å². The van der Waals surface area contributed by atoms with E-state index in [9.17, 15) is 12.8 Å². The van der Waals surface area contributed by atoms with Crippen LogP contribution in [-0.2, 0) is 10.0 Å². The Morgan fingerprint density at radius 1 is 1.40 bits per heavy atom. The highest BCUT2D eigenvalue weighted by molar-refractivity contribution is 7.89. The lowest BCUT2D eigenvalue weighted by atomic mass is 10.3. The van der Waals surface area contributed by atoms with Gasteiger partial charge in [0.25, 0.3) is 0 Å². The summed E-state index contributed by atoms with van der Waals surface area (Å²) in [6.45, 7) is 3.49.